The predicted octanol–water partition coefficient (Wildman–Crippen LogP) is 6.36. The molecule has 0 saturated heterocycles. The van der Waals surface area contributed by atoms with Crippen LogP contribution in [-0.4, -0.2) is 0 Å². The molecule has 2 rings (SSSR count). The van der Waals surface area contributed by atoms with E-state index in [4.69, 9.17) is 11.6 Å². The van der Waals surface area contributed by atoms with Gasteiger partial charge in [-0.3, -0.25) is 0 Å². The summed E-state index contributed by atoms with van der Waals surface area (Å²) < 4.78 is 3.16. The first kappa shape index (κ1) is 13.1. The average Bonchev–Trinajstić information content (AvgIpc) is 2.67. The third kappa shape index (κ3) is 2.91. The molecule has 5 heteroatoms. The van der Waals surface area contributed by atoms with Crippen LogP contribution in [-0.2, 0) is 0 Å². The van der Waals surface area contributed by atoms with Gasteiger partial charge in [0, 0.05) is 13.8 Å². The second-order valence-corrected chi connectivity index (χ2v) is 7.87. The maximum atomic E-state index is 6.46. The summed E-state index contributed by atoms with van der Waals surface area (Å²) in [7, 11) is 0. The molecular formula is C11H6Br3ClS. The number of hydrogen-bond acceptors (Lipinski definition) is 1. The van der Waals surface area contributed by atoms with Crippen LogP contribution in [0.3, 0.4) is 0 Å². The second-order valence-electron chi connectivity index (χ2n) is 3.17. The minimum Gasteiger partial charge on any atom is -0.131 e. The molecule has 16 heavy (non-hydrogen) atoms. The fourth-order valence-corrected chi connectivity index (χ4v) is 4.12. The van der Waals surface area contributed by atoms with Gasteiger partial charge >= 0.3 is 0 Å². The maximum absolute atomic E-state index is 6.46. The summed E-state index contributed by atoms with van der Waals surface area (Å²) in [5, 5.41) is -0.122. The number of alkyl halides is 1. The smallest absolute Gasteiger partial charge is 0.0939 e. The highest BCUT2D eigenvalue weighted by molar-refractivity contribution is 9.11. The molecule has 0 fully saturated rings. The average molecular weight is 445 g/mol. The van der Waals surface area contributed by atoms with Crippen LogP contribution in [0.1, 0.15) is 15.8 Å². The van der Waals surface area contributed by atoms with Crippen molar-refractivity contribution >= 4 is 70.7 Å². The Labute approximate surface area is 128 Å². The van der Waals surface area contributed by atoms with E-state index < -0.39 is 0 Å². The van der Waals surface area contributed by atoms with Gasteiger partial charge in [-0.2, -0.15) is 0 Å². The Bertz CT molecular complexity index is 510. The van der Waals surface area contributed by atoms with Crippen molar-refractivity contribution in [1.29, 1.82) is 0 Å². The zero-order valence-electron chi connectivity index (χ0n) is 7.88. The summed E-state index contributed by atoms with van der Waals surface area (Å²) in [6, 6.07) is 10.1. The molecule has 1 unspecified atom stereocenters. The molecule has 0 aliphatic carbocycles. The zero-order valence-corrected chi connectivity index (χ0v) is 14.2. The minimum atomic E-state index is -0.122. The summed E-state index contributed by atoms with van der Waals surface area (Å²) in [4.78, 5) is 1.13. The molecule has 1 aromatic carbocycles. The van der Waals surface area contributed by atoms with E-state index in [-0.39, 0.29) is 5.38 Å². The molecule has 84 valence electrons. The Hall–Kier alpha value is 0.650. The number of thiophene rings is 1. The monoisotopic (exact) mass is 442 g/mol. The normalized spacial score (nSPS) is 12.8. The fourth-order valence-electron chi connectivity index (χ4n) is 1.33. The third-order valence-electron chi connectivity index (χ3n) is 2.07. The molecule has 1 atom stereocenters. The van der Waals surface area contributed by atoms with Gasteiger partial charge in [0.05, 0.1) is 9.16 Å². The Balaban J connectivity index is 2.40. The lowest BCUT2D eigenvalue weighted by atomic mass is 10.1. The number of rotatable bonds is 2. The Morgan fingerprint density at radius 1 is 1.06 bits per heavy atom. The molecule has 0 N–H and O–H groups in total. The Morgan fingerprint density at radius 2 is 1.81 bits per heavy atom. The number of benzene rings is 1. The molecule has 1 aromatic heterocycles. The molecule has 0 radical (unpaired) electrons. The molecule has 0 amide bonds. The quantitative estimate of drug-likeness (QED) is 0.472. The van der Waals surface area contributed by atoms with E-state index in [1.807, 2.05) is 30.3 Å². The van der Waals surface area contributed by atoms with Gasteiger partial charge in [-0.1, -0.05) is 31.9 Å². The van der Waals surface area contributed by atoms with Gasteiger partial charge in [0.1, 0.15) is 0 Å². The van der Waals surface area contributed by atoms with Crippen LogP contribution in [0, 0.1) is 0 Å². The SMILES string of the molecule is ClC(c1ccc(Br)s1)c1cc(Br)ccc1Br. The van der Waals surface area contributed by atoms with E-state index in [0.717, 1.165) is 23.2 Å². The lowest BCUT2D eigenvalue weighted by Crippen LogP contribution is -1.91. The van der Waals surface area contributed by atoms with Crippen molar-refractivity contribution in [3.63, 3.8) is 0 Å². The largest absolute Gasteiger partial charge is 0.131 e. The van der Waals surface area contributed by atoms with E-state index in [0.29, 0.717) is 0 Å². The third-order valence-corrected chi connectivity index (χ3v) is 5.58. The van der Waals surface area contributed by atoms with Crippen LogP contribution >= 0.6 is 70.7 Å². The van der Waals surface area contributed by atoms with Crippen molar-refractivity contribution in [3.05, 3.63) is 53.5 Å². The van der Waals surface area contributed by atoms with Crippen molar-refractivity contribution < 1.29 is 0 Å². The van der Waals surface area contributed by atoms with Gasteiger partial charge in [0.25, 0.3) is 0 Å². The van der Waals surface area contributed by atoms with Crippen LogP contribution in [0.4, 0.5) is 0 Å². The Kier molecular flexibility index (Phi) is 4.52. The van der Waals surface area contributed by atoms with E-state index >= 15 is 0 Å². The standard InChI is InChI=1S/C11H6Br3ClS/c12-6-1-2-8(13)7(5-6)11(15)9-3-4-10(14)16-9/h1-5,11H. The molecule has 2 aromatic rings. The highest BCUT2D eigenvalue weighted by Crippen LogP contribution is 2.39. The molecule has 0 bridgehead atoms. The van der Waals surface area contributed by atoms with Gasteiger partial charge in [-0.05, 0) is 51.8 Å². The second kappa shape index (κ2) is 5.53. The molecule has 1 heterocycles. The van der Waals surface area contributed by atoms with E-state index in [1.54, 1.807) is 11.3 Å². The van der Waals surface area contributed by atoms with Crippen LogP contribution in [0.15, 0.2) is 43.1 Å². The van der Waals surface area contributed by atoms with Crippen LogP contribution in [0.2, 0.25) is 0 Å². The summed E-state index contributed by atoms with van der Waals surface area (Å²) in [5.74, 6) is 0. The maximum Gasteiger partial charge on any atom is 0.0939 e. The molecule has 0 nitrogen and oxygen atoms in total. The van der Waals surface area contributed by atoms with Gasteiger partial charge in [-0.15, -0.1) is 22.9 Å². The fraction of sp³-hybridized carbons (Fsp3) is 0.0909. The van der Waals surface area contributed by atoms with Crippen molar-refractivity contribution in [2.75, 3.05) is 0 Å². The van der Waals surface area contributed by atoms with Gasteiger partial charge < -0.3 is 0 Å². The molecule has 0 aliphatic rings. The van der Waals surface area contributed by atoms with E-state index in [9.17, 15) is 0 Å². The predicted molar refractivity (Wildman–Crippen MR) is 81.6 cm³/mol. The van der Waals surface area contributed by atoms with Crippen molar-refractivity contribution in [3.8, 4) is 0 Å². The molecule has 0 saturated carbocycles. The van der Waals surface area contributed by atoms with Gasteiger partial charge in [-0.25, -0.2) is 0 Å². The lowest BCUT2D eigenvalue weighted by molar-refractivity contribution is 1.16. The van der Waals surface area contributed by atoms with Crippen LogP contribution in [0.25, 0.3) is 0 Å². The molecule has 0 spiro atoms. The lowest BCUT2D eigenvalue weighted by Gasteiger charge is -2.10. The van der Waals surface area contributed by atoms with Gasteiger partial charge in [0.2, 0.25) is 0 Å². The van der Waals surface area contributed by atoms with E-state index in [2.05, 4.69) is 47.8 Å². The van der Waals surface area contributed by atoms with Crippen molar-refractivity contribution in [1.82, 2.24) is 0 Å². The Morgan fingerprint density at radius 3 is 2.44 bits per heavy atom. The number of hydrogen-bond donors (Lipinski definition) is 0. The molecule has 0 aliphatic heterocycles. The van der Waals surface area contributed by atoms with E-state index in [1.165, 1.54) is 0 Å². The molecular weight excluding hydrogens is 439 g/mol. The zero-order chi connectivity index (χ0) is 11.7. The first-order valence-electron chi connectivity index (χ1n) is 4.42. The first-order valence-corrected chi connectivity index (χ1v) is 8.05. The highest BCUT2D eigenvalue weighted by atomic mass is 79.9. The number of halogens is 4. The van der Waals surface area contributed by atoms with Crippen LogP contribution in [0.5, 0.6) is 0 Å². The van der Waals surface area contributed by atoms with Crippen LogP contribution < -0.4 is 0 Å². The summed E-state index contributed by atoms with van der Waals surface area (Å²) >= 11 is 18.5. The summed E-state index contributed by atoms with van der Waals surface area (Å²) in [6.45, 7) is 0. The highest BCUT2D eigenvalue weighted by Gasteiger charge is 2.16. The van der Waals surface area contributed by atoms with Gasteiger partial charge in [0.15, 0.2) is 0 Å². The summed E-state index contributed by atoms with van der Waals surface area (Å²) in [6.07, 6.45) is 0. The van der Waals surface area contributed by atoms with Crippen molar-refractivity contribution in [2.45, 2.75) is 5.38 Å². The topological polar surface area (TPSA) is 0 Å². The minimum absolute atomic E-state index is 0.122. The first-order chi connectivity index (χ1) is 7.58. The summed E-state index contributed by atoms with van der Waals surface area (Å²) in [5.41, 5.74) is 1.07. The van der Waals surface area contributed by atoms with Crippen molar-refractivity contribution in [2.24, 2.45) is 0 Å².